The highest BCUT2D eigenvalue weighted by molar-refractivity contribution is 9.10. The molecule has 0 aromatic heterocycles. The van der Waals surface area contributed by atoms with E-state index in [0.717, 1.165) is 12.5 Å². The Bertz CT molecular complexity index is 390. The first-order chi connectivity index (χ1) is 9.81. The number of halogens is 1. The first kappa shape index (κ1) is 16.4. The maximum atomic E-state index is 3.79. The zero-order valence-corrected chi connectivity index (χ0v) is 14.8. The molecule has 0 aliphatic heterocycles. The summed E-state index contributed by atoms with van der Waals surface area (Å²) in [5, 5.41) is 3.79. The van der Waals surface area contributed by atoms with Gasteiger partial charge in [-0.1, -0.05) is 38.3 Å². The molecular formula is C17H26BrNS. The predicted octanol–water partition coefficient (Wildman–Crippen LogP) is 5.49. The summed E-state index contributed by atoms with van der Waals surface area (Å²) in [5.74, 6) is 2.07. The van der Waals surface area contributed by atoms with Crippen molar-refractivity contribution < 1.29 is 0 Å². The van der Waals surface area contributed by atoms with Crippen LogP contribution in [0.5, 0.6) is 0 Å². The molecule has 1 nitrogen and oxygen atoms in total. The molecule has 0 saturated heterocycles. The molecule has 3 heteroatoms. The van der Waals surface area contributed by atoms with E-state index in [-0.39, 0.29) is 0 Å². The van der Waals surface area contributed by atoms with Gasteiger partial charge in [-0.15, -0.1) is 11.8 Å². The smallest absolute Gasteiger partial charge is 0.0311 e. The molecule has 2 rings (SSSR count). The molecule has 0 amide bonds. The van der Waals surface area contributed by atoms with Crippen LogP contribution in [0.3, 0.4) is 0 Å². The summed E-state index contributed by atoms with van der Waals surface area (Å²) in [6.07, 6.45) is 8.34. The van der Waals surface area contributed by atoms with Gasteiger partial charge in [-0.3, -0.25) is 0 Å². The van der Waals surface area contributed by atoms with Gasteiger partial charge in [-0.05, 0) is 59.8 Å². The van der Waals surface area contributed by atoms with Crippen molar-refractivity contribution in [2.75, 3.05) is 12.3 Å². The fourth-order valence-electron chi connectivity index (χ4n) is 2.97. The normalized spacial score (nSPS) is 18.1. The van der Waals surface area contributed by atoms with Gasteiger partial charge < -0.3 is 5.32 Å². The number of hydrogen-bond donors (Lipinski definition) is 1. The summed E-state index contributed by atoms with van der Waals surface area (Å²) in [4.78, 5) is 1.37. The second-order valence-corrected chi connectivity index (χ2v) is 7.62. The van der Waals surface area contributed by atoms with Crippen molar-refractivity contribution in [1.82, 2.24) is 5.32 Å². The van der Waals surface area contributed by atoms with Gasteiger partial charge in [0.1, 0.15) is 0 Å². The van der Waals surface area contributed by atoms with Crippen molar-refractivity contribution in [3.05, 3.63) is 28.7 Å². The molecule has 1 aliphatic carbocycles. The highest BCUT2D eigenvalue weighted by Crippen LogP contribution is 2.32. The van der Waals surface area contributed by atoms with Crippen molar-refractivity contribution >= 4 is 27.7 Å². The summed E-state index contributed by atoms with van der Waals surface area (Å²) in [7, 11) is 0. The second-order valence-electron chi connectivity index (χ2n) is 5.70. The summed E-state index contributed by atoms with van der Waals surface area (Å²) >= 11 is 5.64. The average molecular weight is 356 g/mol. The number of hydrogen-bond acceptors (Lipinski definition) is 2. The van der Waals surface area contributed by atoms with Crippen molar-refractivity contribution in [2.24, 2.45) is 5.92 Å². The van der Waals surface area contributed by atoms with E-state index in [1.807, 2.05) is 11.8 Å². The van der Waals surface area contributed by atoms with Crippen LogP contribution < -0.4 is 5.32 Å². The molecule has 0 spiro atoms. The van der Waals surface area contributed by atoms with E-state index in [0.29, 0.717) is 6.04 Å². The largest absolute Gasteiger partial charge is 0.313 e. The quantitative estimate of drug-likeness (QED) is 0.649. The molecule has 0 heterocycles. The summed E-state index contributed by atoms with van der Waals surface area (Å²) < 4.78 is 1.22. The average Bonchev–Trinajstić information content (AvgIpc) is 2.50. The molecule has 1 aromatic rings. The molecule has 1 atom stereocenters. The number of thioether (sulfide) groups is 1. The summed E-state index contributed by atoms with van der Waals surface area (Å²) in [6.45, 7) is 3.41. The lowest BCUT2D eigenvalue weighted by atomic mass is 9.84. The number of nitrogens with one attached hydrogen (secondary N) is 1. The Kier molecular flexibility index (Phi) is 7.47. The maximum absolute atomic E-state index is 3.79. The van der Waals surface area contributed by atoms with Gasteiger partial charge in [-0.25, -0.2) is 0 Å². The predicted molar refractivity (Wildman–Crippen MR) is 93.5 cm³/mol. The molecule has 112 valence electrons. The van der Waals surface area contributed by atoms with E-state index >= 15 is 0 Å². The van der Waals surface area contributed by atoms with Crippen LogP contribution in [0.2, 0.25) is 0 Å². The third kappa shape index (κ3) is 5.09. The lowest BCUT2D eigenvalue weighted by Gasteiger charge is -2.31. The summed E-state index contributed by atoms with van der Waals surface area (Å²) in [6, 6.07) is 9.24. The Morgan fingerprint density at radius 2 is 2.00 bits per heavy atom. The zero-order chi connectivity index (χ0) is 14.2. The van der Waals surface area contributed by atoms with Crippen LogP contribution in [0.15, 0.2) is 33.6 Å². The van der Waals surface area contributed by atoms with E-state index in [1.165, 1.54) is 53.6 Å². The lowest BCUT2D eigenvalue weighted by molar-refractivity contribution is 0.285. The second kappa shape index (κ2) is 9.11. The molecular weight excluding hydrogens is 330 g/mol. The third-order valence-corrected chi connectivity index (χ3v) is 6.28. The van der Waals surface area contributed by atoms with Crippen LogP contribution in [0.25, 0.3) is 0 Å². The Morgan fingerprint density at radius 3 is 2.70 bits per heavy atom. The van der Waals surface area contributed by atoms with Gasteiger partial charge in [0.25, 0.3) is 0 Å². The SMILES string of the molecule is CCCNC(CSc1ccccc1Br)C1CCCCC1. The zero-order valence-electron chi connectivity index (χ0n) is 12.4. The molecule has 1 fully saturated rings. The monoisotopic (exact) mass is 355 g/mol. The van der Waals surface area contributed by atoms with E-state index in [1.54, 1.807) is 0 Å². The van der Waals surface area contributed by atoms with Gasteiger partial charge in [0.15, 0.2) is 0 Å². The van der Waals surface area contributed by atoms with Crippen LogP contribution >= 0.6 is 27.7 Å². The fraction of sp³-hybridized carbons (Fsp3) is 0.647. The minimum absolute atomic E-state index is 0.673. The Balaban J connectivity index is 1.91. The van der Waals surface area contributed by atoms with Crippen LogP contribution in [0.4, 0.5) is 0 Å². The van der Waals surface area contributed by atoms with E-state index in [9.17, 15) is 0 Å². The molecule has 1 saturated carbocycles. The maximum Gasteiger partial charge on any atom is 0.0311 e. The first-order valence-electron chi connectivity index (χ1n) is 7.92. The third-order valence-electron chi connectivity index (χ3n) is 4.13. The lowest BCUT2D eigenvalue weighted by Crippen LogP contribution is -2.39. The molecule has 0 bridgehead atoms. The van der Waals surface area contributed by atoms with Gasteiger partial charge in [0.2, 0.25) is 0 Å². The van der Waals surface area contributed by atoms with Gasteiger partial charge in [0, 0.05) is 21.2 Å². The van der Waals surface area contributed by atoms with E-state index < -0.39 is 0 Å². The number of rotatable bonds is 7. The Labute approximate surface area is 136 Å². The van der Waals surface area contributed by atoms with E-state index in [4.69, 9.17) is 0 Å². The molecule has 1 unspecified atom stereocenters. The Hall–Kier alpha value is 0.01000. The van der Waals surface area contributed by atoms with E-state index in [2.05, 4.69) is 52.4 Å². The highest BCUT2D eigenvalue weighted by Gasteiger charge is 2.23. The topological polar surface area (TPSA) is 12.0 Å². The number of benzene rings is 1. The van der Waals surface area contributed by atoms with Crippen LogP contribution in [0.1, 0.15) is 45.4 Å². The van der Waals surface area contributed by atoms with Crippen molar-refractivity contribution in [3.63, 3.8) is 0 Å². The van der Waals surface area contributed by atoms with Gasteiger partial charge in [0.05, 0.1) is 0 Å². The van der Waals surface area contributed by atoms with Crippen molar-refractivity contribution in [1.29, 1.82) is 0 Å². The molecule has 1 aliphatic rings. The molecule has 1 aromatic carbocycles. The van der Waals surface area contributed by atoms with Gasteiger partial charge >= 0.3 is 0 Å². The first-order valence-corrected chi connectivity index (χ1v) is 9.70. The van der Waals surface area contributed by atoms with Crippen molar-refractivity contribution in [3.8, 4) is 0 Å². The molecule has 0 radical (unpaired) electrons. The van der Waals surface area contributed by atoms with Gasteiger partial charge in [-0.2, -0.15) is 0 Å². The standard InChI is InChI=1S/C17H26BrNS/c1-2-12-19-16(14-8-4-3-5-9-14)13-20-17-11-7-6-10-15(17)18/h6-7,10-11,14,16,19H,2-5,8-9,12-13H2,1H3. The fourth-order valence-corrected chi connectivity index (χ4v) is 4.73. The Morgan fingerprint density at radius 1 is 1.25 bits per heavy atom. The minimum atomic E-state index is 0.673. The molecule has 1 N–H and O–H groups in total. The molecule has 20 heavy (non-hydrogen) atoms. The van der Waals surface area contributed by atoms with Crippen LogP contribution in [-0.2, 0) is 0 Å². The highest BCUT2D eigenvalue weighted by atomic mass is 79.9. The minimum Gasteiger partial charge on any atom is -0.313 e. The van der Waals surface area contributed by atoms with Crippen LogP contribution in [-0.4, -0.2) is 18.3 Å². The summed E-state index contributed by atoms with van der Waals surface area (Å²) in [5.41, 5.74) is 0. The van der Waals surface area contributed by atoms with Crippen molar-refractivity contribution in [2.45, 2.75) is 56.4 Å². The van der Waals surface area contributed by atoms with Crippen LogP contribution in [0, 0.1) is 5.92 Å².